The minimum absolute atomic E-state index is 0.360. The average molecular weight is 253 g/mol. The lowest BCUT2D eigenvalue weighted by Gasteiger charge is -2.25. The number of nitrogens with one attached hydrogen (secondary N) is 1. The number of aromatic nitrogens is 2. The third-order valence-electron chi connectivity index (χ3n) is 2.76. The summed E-state index contributed by atoms with van der Waals surface area (Å²) in [6.45, 7) is 3.06. The summed E-state index contributed by atoms with van der Waals surface area (Å²) in [5.41, 5.74) is 0. The van der Waals surface area contributed by atoms with E-state index >= 15 is 0 Å². The first kappa shape index (κ1) is 12.5. The van der Waals surface area contributed by atoms with Crippen molar-refractivity contribution in [2.75, 3.05) is 18.1 Å². The predicted octanol–water partition coefficient (Wildman–Crippen LogP) is 2.95. The van der Waals surface area contributed by atoms with Crippen LogP contribution in [-0.2, 0) is 0 Å². The Morgan fingerprint density at radius 2 is 2.29 bits per heavy atom. The van der Waals surface area contributed by atoms with Crippen molar-refractivity contribution in [1.82, 2.24) is 9.97 Å². The maximum atomic E-state index is 5.81. The molecular formula is C12H19N3OS. The summed E-state index contributed by atoms with van der Waals surface area (Å²) in [4.78, 5) is 8.77. The third-order valence-corrected chi connectivity index (χ3v) is 3.31. The molecule has 1 aliphatic carbocycles. The average Bonchev–Trinajstić information content (AvgIpc) is 2.31. The smallest absolute Gasteiger partial charge is 0.219 e. The van der Waals surface area contributed by atoms with Gasteiger partial charge in [-0.15, -0.1) is 0 Å². The van der Waals surface area contributed by atoms with Crippen LogP contribution in [0.15, 0.2) is 11.2 Å². The molecule has 0 atom stereocenters. The van der Waals surface area contributed by atoms with Crippen LogP contribution < -0.4 is 10.1 Å². The highest BCUT2D eigenvalue weighted by molar-refractivity contribution is 7.98. The van der Waals surface area contributed by atoms with Crippen LogP contribution in [0.1, 0.15) is 32.6 Å². The molecule has 0 aromatic carbocycles. The highest BCUT2D eigenvalue weighted by Crippen LogP contribution is 2.26. The maximum absolute atomic E-state index is 5.81. The van der Waals surface area contributed by atoms with E-state index < -0.39 is 0 Å². The summed E-state index contributed by atoms with van der Waals surface area (Å²) in [7, 11) is 0. The molecule has 1 heterocycles. The van der Waals surface area contributed by atoms with Gasteiger partial charge in [-0.3, -0.25) is 0 Å². The first-order valence-corrected chi connectivity index (χ1v) is 7.38. The summed E-state index contributed by atoms with van der Waals surface area (Å²) in [5.74, 6) is 1.56. The Labute approximate surface area is 107 Å². The van der Waals surface area contributed by atoms with Gasteiger partial charge in [0, 0.05) is 12.6 Å². The molecule has 1 aromatic rings. The van der Waals surface area contributed by atoms with Crippen molar-refractivity contribution in [3.05, 3.63) is 6.07 Å². The van der Waals surface area contributed by atoms with Crippen LogP contribution in [0.3, 0.4) is 0 Å². The van der Waals surface area contributed by atoms with Crippen LogP contribution >= 0.6 is 11.8 Å². The van der Waals surface area contributed by atoms with Gasteiger partial charge in [0.15, 0.2) is 5.16 Å². The molecule has 0 aliphatic heterocycles. The Morgan fingerprint density at radius 3 is 2.88 bits per heavy atom. The van der Waals surface area contributed by atoms with Gasteiger partial charge in [0.25, 0.3) is 0 Å². The van der Waals surface area contributed by atoms with E-state index in [9.17, 15) is 0 Å². The fourth-order valence-electron chi connectivity index (χ4n) is 1.56. The van der Waals surface area contributed by atoms with Crippen LogP contribution in [0.4, 0.5) is 5.82 Å². The number of anilines is 1. The standard InChI is InChI=1S/C12H19N3OS/c1-3-7-13-10-8-11(15-12(14-10)17-2)16-9-5-4-6-9/h8-9H,3-7H2,1-2H3,(H,13,14,15). The minimum atomic E-state index is 0.360. The zero-order chi connectivity index (χ0) is 12.1. The number of rotatable bonds is 6. The molecule has 1 aliphatic rings. The molecule has 1 fully saturated rings. The van der Waals surface area contributed by atoms with Gasteiger partial charge in [-0.05, 0) is 31.9 Å². The second-order valence-electron chi connectivity index (χ2n) is 4.18. The fraction of sp³-hybridized carbons (Fsp3) is 0.667. The molecule has 0 unspecified atom stereocenters. The molecule has 1 N–H and O–H groups in total. The summed E-state index contributed by atoms with van der Waals surface area (Å²) >= 11 is 1.54. The van der Waals surface area contributed by atoms with Crippen molar-refractivity contribution in [2.24, 2.45) is 0 Å². The van der Waals surface area contributed by atoms with E-state index in [1.165, 1.54) is 6.42 Å². The van der Waals surface area contributed by atoms with E-state index in [4.69, 9.17) is 4.74 Å². The van der Waals surface area contributed by atoms with Crippen LogP contribution in [0.2, 0.25) is 0 Å². The van der Waals surface area contributed by atoms with Gasteiger partial charge in [0.2, 0.25) is 5.88 Å². The number of hydrogen-bond donors (Lipinski definition) is 1. The summed E-state index contributed by atoms with van der Waals surface area (Å²) in [6.07, 6.45) is 6.99. The summed E-state index contributed by atoms with van der Waals surface area (Å²) in [6, 6.07) is 1.90. The monoisotopic (exact) mass is 253 g/mol. The molecule has 0 radical (unpaired) electrons. The molecule has 17 heavy (non-hydrogen) atoms. The molecule has 5 heteroatoms. The Kier molecular flexibility index (Phi) is 4.48. The number of hydrogen-bond acceptors (Lipinski definition) is 5. The van der Waals surface area contributed by atoms with Crippen LogP contribution in [0.25, 0.3) is 0 Å². The van der Waals surface area contributed by atoms with E-state index in [0.717, 1.165) is 36.8 Å². The quantitative estimate of drug-likeness (QED) is 0.624. The van der Waals surface area contributed by atoms with Crippen LogP contribution in [-0.4, -0.2) is 28.9 Å². The number of nitrogens with zero attached hydrogens (tertiary/aromatic N) is 2. The molecule has 0 spiro atoms. The third kappa shape index (κ3) is 3.49. The van der Waals surface area contributed by atoms with Crippen molar-refractivity contribution >= 4 is 17.6 Å². The van der Waals surface area contributed by atoms with Crippen molar-refractivity contribution in [3.8, 4) is 5.88 Å². The number of ether oxygens (including phenoxy) is 1. The van der Waals surface area contributed by atoms with Crippen LogP contribution in [0.5, 0.6) is 5.88 Å². The summed E-state index contributed by atoms with van der Waals surface area (Å²) in [5, 5.41) is 4.04. The van der Waals surface area contributed by atoms with Gasteiger partial charge in [-0.25, -0.2) is 4.98 Å². The molecule has 94 valence electrons. The van der Waals surface area contributed by atoms with Crippen molar-refractivity contribution in [1.29, 1.82) is 0 Å². The second kappa shape index (κ2) is 6.10. The lowest BCUT2D eigenvalue weighted by molar-refractivity contribution is 0.113. The van der Waals surface area contributed by atoms with Crippen molar-refractivity contribution in [2.45, 2.75) is 43.9 Å². The van der Waals surface area contributed by atoms with Gasteiger partial charge >= 0.3 is 0 Å². The normalized spacial score (nSPS) is 15.4. The molecule has 4 nitrogen and oxygen atoms in total. The molecule has 0 bridgehead atoms. The van der Waals surface area contributed by atoms with Gasteiger partial charge in [-0.2, -0.15) is 4.98 Å². The first-order chi connectivity index (χ1) is 8.31. The fourth-order valence-corrected chi connectivity index (χ4v) is 1.93. The minimum Gasteiger partial charge on any atom is -0.474 e. The largest absolute Gasteiger partial charge is 0.474 e. The Bertz CT molecular complexity index is 369. The Morgan fingerprint density at radius 1 is 1.47 bits per heavy atom. The van der Waals surface area contributed by atoms with E-state index in [1.54, 1.807) is 11.8 Å². The maximum Gasteiger partial charge on any atom is 0.219 e. The zero-order valence-electron chi connectivity index (χ0n) is 10.4. The Hall–Kier alpha value is -0.970. The highest BCUT2D eigenvalue weighted by atomic mass is 32.2. The Balaban J connectivity index is 2.06. The van der Waals surface area contributed by atoms with E-state index in [1.807, 2.05) is 12.3 Å². The van der Waals surface area contributed by atoms with Gasteiger partial charge in [-0.1, -0.05) is 18.7 Å². The zero-order valence-corrected chi connectivity index (χ0v) is 11.2. The topological polar surface area (TPSA) is 47.0 Å². The van der Waals surface area contributed by atoms with E-state index in [0.29, 0.717) is 12.0 Å². The summed E-state index contributed by atoms with van der Waals surface area (Å²) < 4.78 is 5.81. The molecule has 0 saturated heterocycles. The molecule has 1 aromatic heterocycles. The van der Waals surface area contributed by atoms with Gasteiger partial charge in [0.1, 0.15) is 11.9 Å². The SMILES string of the molecule is CCCNc1cc(OC2CCC2)nc(SC)n1. The molecule has 2 rings (SSSR count). The first-order valence-electron chi connectivity index (χ1n) is 6.15. The number of thioether (sulfide) groups is 1. The van der Waals surface area contributed by atoms with Gasteiger partial charge in [0.05, 0.1) is 0 Å². The molecular weight excluding hydrogens is 234 g/mol. The van der Waals surface area contributed by atoms with Crippen molar-refractivity contribution < 1.29 is 4.74 Å². The lowest BCUT2D eigenvalue weighted by atomic mass is 9.96. The highest BCUT2D eigenvalue weighted by Gasteiger charge is 2.20. The van der Waals surface area contributed by atoms with Crippen molar-refractivity contribution in [3.63, 3.8) is 0 Å². The van der Waals surface area contributed by atoms with E-state index in [-0.39, 0.29) is 0 Å². The predicted molar refractivity (Wildman–Crippen MR) is 70.9 cm³/mol. The van der Waals surface area contributed by atoms with E-state index in [2.05, 4.69) is 22.2 Å². The van der Waals surface area contributed by atoms with Gasteiger partial charge < -0.3 is 10.1 Å². The van der Waals surface area contributed by atoms with Crippen LogP contribution in [0, 0.1) is 0 Å². The molecule has 0 amide bonds. The molecule has 1 saturated carbocycles. The second-order valence-corrected chi connectivity index (χ2v) is 4.95. The lowest BCUT2D eigenvalue weighted by Crippen LogP contribution is -2.25.